The van der Waals surface area contributed by atoms with Crippen LogP contribution in [0.15, 0.2) is 29.3 Å². The van der Waals surface area contributed by atoms with Crippen molar-refractivity contribution in [1.29, 1.82) is 0 Å². The fourth-order valence-electron chi connectivity index (χ4n) is 1.92. The molecule has 80 valence electrons. The summed E-state index contributed by atoms with van der Waals surface area (Å²) in [6, 6.07) is 8.70. The zero-order valence-corrected chi connectivity index (χ0v) is 9.67. The Balaban J connectivity index is 2.32. The number of nitrogens with zero attached hydrogens (tertiary/aromatic N) is 1. The van der Waals surface area contributed by atoms with Crippen LogP contribution in [0.3, 0.4) is 0 Å². The van der Waals surface area contributed by atoms with Gasteiger partial charge in [-0.15, -0.1) is 0 Å². The van der Waals surface area contributed by atoms with Crippen LogP contribution in [0.4, 0.5) is 0 Å². The highest BCUT2D eigenvalue weighted by atomic mass is 15.1. The summed E-state index contributed by atoms with van der Waals surface area (Å²) in [6.45, 7) is 8.43. The predicted molar refractivity (Wildman–Crippen MR) is 64.5 cm³/mol. The molecular weight excluding hydrogens is 184 g/mol. The van der Waals surface area contributed by atoms with E-state index in [9.17, 15) is 0 Å². The van der Waals surface area contributed by atoms with Gasteiger partial charge in [0.15, 0.2) is 0 Å². The van der Waals surface area contributed by atoms with Crippen LogP contribution in [-0.2, 0) is 5.41 Å². The molecule has 0 radical (unpaired) electrons. The molecule has 1 aromatic rings. The lowest BCUT2D eigenvalue weighted by Gasteiger charge is -2.25. The maximum absolute atomic E-state index is 4.51. The molecule has 0 unspecified atom stereocenters. The average Bonchev–Trinajstić information content (AvgIpc) is 2.71. The van der Waals surface area contributed by atoms with Gasteiger partial charge in [-0.05, 0) is 26.3 Å². The Morgan fingerprint density at radius 2 is 1.87 bits per heavy atom. The van der Waals surface area contributed by atoms with Crippen molar-refractivity contribution in [1.82, 2.24) is 5.32 Å². The molecule has 0 bridgehead atoms. The zero-order valence-electron chi connectivity index (χ0n) is 9.67. The minimum Gasteiger partial charge on any atom is -0.371 e. The van der Waals surface area contributed by atoms with Crippen LogP contribution in [0.25, 0.3) is 0 Å². The molecular formula is C13H18N2. The molecule has 2 rings (SSSR count). The van der Waals surface area contributed by atoms with Crippen LogP contribution in [0, 0.1) is 6.92 Å². The normalized spacial score (nSPS) is 16.1. The first kappa shape index (κ1) is 10.2. The van der Waals surface area contributed by atoms with Gasteiger partial charge in [-0.2, -0.15) is 0 Å². The molecule has 0 fully saturated rings. The number of aliphatic imine (C=N–C) groups is 1. The van der Waals surface area contributed by atoms with E-state index in [0.29, 0.717) is 0 Å². The minimum absolute atomic E-state index is 0.00417. The number of rotatable bonds is 2. The summed E-state index contributed by atoms with van der Waals surface area (Å²) in [6.07, 6.45) is 0. The number of amidine groups is 1. The van der Waals surface area contributed by atoms with Gasteiger partial charge >= 0.3 is 0 Å². The first-order chi connectivity index (χ1) is 7.10. The highest BCUT2D eigenvalue weighted by molar-refractivity contribution is 5.93. The summed E-state index contributed by atoms with van der Waals surface area (Å²) < 4.78 is 0. The molecule has 0 amide bonds. The van der Waals surface area contributed by atoms with Crippen molar-refractivity contribution in [3.05, 3.63) is 35.4 Å². The predicted octanol–water partition coefficient (Wildman–Crippen LogP) is 2.27. The highest BCUT2D eigenvalue weighted by Gasteiger charge is 2.28. The van der Waals surface area contributed by atoms with Gasteiger partial charge in [0.1, 0.15) is 5.84 Å². The Hall–Kier alpha value is -1.31. The molecule has 1 heterocycles. The van der Waals surface area contributed by atoms with E-state index < -0.39 is 0 Å². The van der Waals surface area contributed by atoms with Crippen LogP contribution in [0.2, 0.25) is 0 Å². The number of benzene rings is 1. The van der Waals surface area contributed by atoms with E-state index in [1.807, 2.05) is 0 Å². The molecule has 0 aliphatic carbocycles. The SMILES string of the molecule is Cc1ccc(C(C)(C)C2=NCCN2)cc1. The second kappa shape index (κ2) is 3.69. The lowest BCUT2D eigenvalue weighted by molar-refractivity contribution is 0.694. The fourth-order valence-corrected chi connectivity index (χ4v) is 1.92. The zero-order chi connectivity index (χ0) is 10.9. The average molecular weight is 202 g/mol. The molecule has 0 atom stereocenters. The van der Waals surface area contributed by atoms with E-state index in [4.69, 9.17) is 0 Å². The van der Waals surface area contributed by atoms with E-state index in [0.717, 1.165) is 18.9 Å². The van der Waals surface area contributed by atoms with Gasteiger partial charge in [0.05, 0.1) is 6.54 Å². The smallest absolute Gasteiger partial charge is 0.107 e. The summed E-state index contributed by atoms with van der Waals surface area (Å²) in [5, 5.41) is 3.36. The minimum atomic E-state index is 0.00417. The first-order valence-electron chi connectivity index (χ1n) is 5.46. The molecule has 0 aromatic heterocycles. The van der Waals surface area contributed by atoms with Crippen LogP contribution >= 0.6 is 0 Å². The summed E-state index contributed by atoms with van der Waals surface area (Å²) in [7, 11) is 0. The Labute approximate surface area is 91.4 Å². The van der Waals surface area contributed by atoms with Gasteiger partial charge in [-0.3, -0.25) is 4.99 Å². The molecule has 15 heavy (non-hydrogen) atoms. The second-order valence-electron chi connectivity index (χ2n) is 4.65. The van der Waals surface area contributed by atoms with Crippen LogP contribution in [-0.4, -0.2) is 18.9 Å². The molecule has 2 nitrogen and oxygen atoms in total. The summed E-state index contributed by atoms with van der Waals surface area (Å²) in [5.41, 5.74) is 2.63. The third-order valence-electron chi connectivity index (χ3n) is 3.04. The maximum atomic E-state index is 4.51. The van der Waals surface area contributed by atoms with Gasteiger partial charge in [0.2, 0.25) is 0 Å². The van der Waals surface area contributed by atoms with Crippen molar-refractivity contribution in [2.45, 2.75) is 26.2 Å². The van der Waals surface area contributed by atoms with Crippen molar-refractivity contribution >= 4 is 5.84 Å². The third kappa shape index (κ3) is 1.89. The highest BCUT2D eigenvalue weighted by Crippen LogP contribution is 2.25. The van der Waals surface area contributed by atoms with Crippen molar-refractivity contribution < 1.29 is 0 Å². The van der Waals surface area contributed by atoms with Gasteiger partial charge in [0, 0.05) is 12.0 Å². The largest absolute Gasteiger partial charge is 0.371 e. The van der Waals surface area contributed by atoms with E-state index in [1.54, 1.807) is 0 Å². The summed E-state index contributed by atoms with van der Waals surface area (Å²) in [4.78, 5) is 4.51. The molecule has 0 spiro atoms. The Kier molecular flexibility index (Phi) is 2.51. The molecule has 0 saturated carbocycles. The van der Waals surface area contributed by atoms with Crippen molar-refractivity contribution in [3.8, 4) is 0 Å². The van der Waals surface area contributed by atoms with E-state index in [1.165, 1.54) is 11.1 Å². The Morgan fingerprint density at radius 1 is 1.20 bits per heavy atom. The third-order valence-corrected chi connectivity index (χ3v) is 3.04. The van der Waals surface area contributed by atoms with E-state index >= 15 is 0 Å². The first-order valence-corrected chi connectivity index (χ1v) is 5.46. The number of hydrogen-bond acceptors (Lipinski definition) is 2. The molecule has 1 aliphatic heterocycles. The van der Waals surface area contributed by atoms with Crippen molar-refractivity contribution in [2.24, 2.45) is 4.99 Å². The lowest BCUT2D eigenvalue weighted by Crippen LogP contribution is -2.37. The molecule has 1 N–H and O–H groups in total. The number of aryl methyl sites for hydroxylation is 1. The standard InChI is InChI=1S/C13H18N2/c1-10-4-6-11(7-5-10)13(2,3)12-14-8-9-15-12/h4-7H,8-9H2,1-3H3,(H,14,15). The van der Waals surface area contributed by atoms with Crippen LogP contribution in [0.1, 0.15) is 25.0 Å². The Morgan fingerprint density at radius 3 is 2.40 bits per heavy atom. The van der Waals surface area contributed by atoms with Gasteiger partial charge in [-0.25, -0.2) is 0 Å². The Bertz CT molecular complexity index is 374. The van der Waals surface area contributed by atoms with Crippen molar-refractivity contribution in [3.63, 3.8) is 0 Å². The fraction of sp³-hybridized carbons (Fsp3) is 0.462. The van der Waals surface area contributed by atoms with Gasteiger partial charge < -0.3 is 5.32 Å². The molecule has 0 saturated heterocycles. The number of nitrogens with one attached hydrogen (secondary N) is 1. The summed E-state index contributed by atoms with van der Waals surface area (Å²) in [5.74, 6) is 1.12. The number of hydrogen-bond donors (Lipinski definition) is 1. The van der Waals surface area contributed by atoms with E-state index in [2.05, 4.69) is 55.3 Å². The molecule has 1 aromatic carbocycles. The van der Waals surface area contributed by atoms with Crippen molar-refractivity contribution in [2.75, 3.05) is 13.1 Å². The van der Waals surface area contributed by atoms with Crippen LogP contribution in [0.5, 0.6) is 0 Å². The monoisotopic (exact) mass is 202 g/mol. The van der Waals surface area contributed by atoms with Gasteiger partial charge in [-0.1, -0.05) is 29.8 Å². The lowest BCUT2D eigenvalue weighted by atomic mass is 9.83. The van der Waals surface area contributed by atoms with Gasteiger partial charge in [0.25, 0.3) is 0 Å². The molecule has 2 heteroatoms. The topological polar surface area (TPSA) is 24.4 Å². The van der Waals surface area contributed by atoms with Crippen LogP contribution < -0.4 is 5.32 Å². The molecule has 1 aliphatic rings. The quantitative estimate of drug-likeness (QED) is 0.781. The maximum Gasteiger partial charge on any atom is 0.107 e. The summed E-state index contributed by atoms with van der Waals surface area (Å²) >= 11 is 0. The van der Waals surface area contributed by atoms with E-state index in [-0.39, 0.29) is 5.41 Å². The second-order valence-corrected chi connectivity index (χ2v) is 4.65.